The summed E-state index contributed by atoms with van der Waals surface area (Å²) < 4.78 is 0. The first-order valence-corrected chi connectivity index (χ1v) is 7.75. The quantitative estimate of drug-likeness (QED) is 0.861. The maximum atomic E-state index is 12.5. The molecule has 0 aliphatic carbocycles. The predicted molar refractivity (Wildman–Crippen MR) is 81.9 cm³/mol. The first kappa shape index (κ1) is 14.6. The van der Waals surface area contributed by atoms with Crippen LogP contribution in [0.4, 0.5) is 0 Å². The van der Waals surface area contributed by atoms with Gasteiger partial charge in [-0.25, -0.2) is 0 Å². The van der Waals surface area contributed by atoms with Crippen LogP contribution in [0.3, 0.4) is 0 Å². The van der Waals surface area contributed by atoms with Crippen molar-refractivity contribution in [3.63, 3.8) is 0 Å². The second-order valence-electron chi connectivity index (χ2n) is 5.64. The van der Waals surface area contributed by atoms with Crippen LogP contribution in [0.1, 0.15) is 16.8 Å². The van der Waals surface area contributed by atoms with Crippen LogP contribution in [-0.4, -0.2) is 66.1 Å². The number of piperazine rings is 1. The van der Waals surface area contributed by atoms with Crippen molar-refractivity contribution in [2.75, 3.05) is 39.3 Å². The van der Waals surface area contributed by atoms with E-state index in [1.54, 1.807) is 11.0 Å². The molecule has 3 rings (SSSR count). The van der Waals surface area contributed by atoms with Crippen LogP contribution < -0.4 is 5.32 Å². The number of phenols is 1. The molecule has 2 heterocycles. The molecule has 114 valence electrons. The molecule has 1 aromatic rings. The number of phenolic OH excluding ortho intramolecular Hbond substituents is 1. The third-order valence-corrected chi connectivity index (χ3v) is 4.58. The average molecular weight is 310 g/mol. The number of hydrogen-bond acceptors (Lipinski definition) is 4. The zero-order valence-electron chi connectivity index (χ0n) is 11.9. The Balaban J connectivity index is 1.63. The van der Waals surface area contributed by atoms with Gasteiger partial charge in [-0.2, -0.15) is 0 Å². The maximum Gasteiger partial charge on any atom is 0.257 e. The van der Waals surface area contributed by atoms with Gasteiger partial charge in [0.1, 0.15) is 5.75 Å². The fraction of sp³-hybridized carbons (Fsp3) is 0.533. The topological polar surface area (TPSA) is 55.8 Å². The molecule has 2 fully saturated rings. The summed E-state index contributed by atoms with van der Waals surface area (Å²) in [6, 6.07) is 5.18. The highest BCUT2D eigenvalue weighted by molar-refractivity contribution is 6.31. The smallest absolute Gasteiger partial charge is 0.257 e. The molecule has 0 radical (unpaired) electrons. The van der Waals surface area contributed by atoms with Crippen molar-refractivity contribution in [1.82, 2.24) is 15.1 Å². The molecule has 2 aliphatic heterocycles. The minimum absolute atomic E-state index is 0.00757. The summed E-state index contributed by atoms with van der Waals surface area (Å²) in [4.78, 5) is 16.7. The molecule has 2 N–H and O–H groups in total. The van der Waals surface area contributed by atoms with Crippen LogP contribution in [0, 0.1) is 0 Å². The van der Waals surface area contributed by atoms with Crippen LogP contribution in [0.2, 0.25) is 5.02 Å². The molecular weight excluding hydrogens is 290 g/mol. The summed E-state index contributed by atoms with van der Waals surface area (Å²) >= 11 is 5.91. The Hall–Kier alpha value is -1.30. The Morgan fingerprint density at radius 1 is 1.29 bits per heavy atom. The van der Waals surface area contributed by atoms with Crippen molar-refractivity contribution >= 4 is 17.5 Å². The van der Waals surface area contributed by atoms with E-state index in [2.05, 4.69) is 10.2 Å². The van der Waals surface area contributed by atoms with Crippen LogP contribution >= 0.6 is 11.6 Å². The maximum absolute atomic E-state index is 12.5. The van der Waals surface area contributed by atoms with Gasteiger partial charge in [0.2, 0.25) is 0 Å². The van der Waals surface area contributed by atoms with E-state index in [-0.39, 0.29) is 11.7 Å². The molecule has 2 aliphatic rings. The molecule has 0 unspecified atom stereocenters. The van der Waals surface area contributed by atoms with Crippen molar-refractivity contribution in [3.8, 4) is 5.75 Å². The summed E-state index contributed by atoms with van der Waals surface area (Å²) in [7, 11) is 0. The summed E-state index contributed by atoms with van der Waals surface area (Å²) in [6.45, 7) is 5.30. The Morgan fingerprint density at radius 2 is 2.05 bits per heavy atom. The van der Waals surface area contributed by atoms with Crippen LogP contribution in [0.15, 0.2) is 18.2 Å². The van der Waals surface area contributed by atoms with E-state index in [4.69, 9.17) is 11.6 Å². The van der Waals surface area contributed by atoms with Gasteiger partial charge >= 0.3 is 0 Å². The van der Waals surface area contributed by atoms with Crippen molar-refractivity contribution in [3.05, 3.63) is 28.8 Å². The van der Waals surface area contributed by atoms with E-state index in [0.717, 1.165) is 26.2 Å². The van der Waals surface area contributed by atoms with E-state index in [9.17, 15) is 9.90 Å². The summed E-state index contributed by atoms with van der Waals surface area (Å²) in [5, 5.41) is 13.7. The molecular formula is C15H20ClN3O2. The van der Waals surface area contributed by atoms with Gasteiger partial charge in [0, 0.05) is 43.8 Å². The Kier molecular flexibility index (Phi) is 4.33. The van der Waals surface area contributed by atoms with Gasteiger partial charge in [-0.3, -0.25) is 9.69 Å². The largest absolute Gasteiger partial charge is 0.507 e. The first-order valence-electron chi connectivity index (χ1n) is 7.38. The van der Waals surface area contributed by atoms with Crippen molar-refractivity contribution in [2.45, 2.75) is 12.5 Å². The summed E-state index contributed by atoms with van der Waals surface area (Å²) in [6.07, 6.45) is 1.18. The average Bonchev–Trinajstić information content (AvgIpc) is 3.03. The monoisotopic (exact) mass is 309 g/mol. The molecule has 1 amide bonds. The molecule has 1 atom stereocenters. The van der Waals surface area contributed by atoms with E-state index < -0.39 is 0 Å². The predicted octanol–water partition coefficient (Wildman–Crippen LogP) is 1.17. The minimum atomic E-state index is -0.140. The lowest BCUT2D eigenvalue weighted by Crippen LogP contribution is -2.52. The second kappa shape index (κ2) is 6.22. The van der Waals surface area contributed by atoms with E-state index in [0.29, 0.717) is 29.7 Å². The standard InChI is InChI=1S/C15H20ClN3O2/c16-11-1-2-14(20)13(9-11)15(21)19-7-5-18(6-8-19)12-3-4-17-10-12/h1-2,9,12,17,20H,3-8,10H2/t12-/m1/s1. The van der Waals surface area contributed by atoms with Crippen molar-refractivity contribution in [2.24, 2.45) is 0 Å². The fourth-order valence-electron chi connectivity index (χ4n) is 3.09. The Morgan fingerprint density at radius 3 is 2.71 bits per heavy atom. The van der Waals surface area contributed by atoms with E-state index in [1.165, 1.54) is 18.6 Å². The van der Waals surface area contributed by atoms with Gasteiger partial charge in [0.15, 0.2) is 0 Å². The molecule has 0 bridgehead atoms. The first-order chi connectivity index (χ1) is 10.1. The molecule has 1 aromatic carbocycles. The SMILES string of the molecule is O=C(c1cc(Cl)ccc1O)N1CCN([C@@H]2CCNC2)CC1. The molecule has 0 saturated carbocycles. The molecule has 2 saturated heterocycles. The Labute approximate surface area is 129 Å². The highest BCUT2D eigenvalue weighted by atomic mass is 35.5. The van der Waals surface area contributed by atoms with Crippen molar-refractivity contribution < 1.29 is 9.90 Å². The number of aromatic hydroxyl groups is 1. The lowest BCUT2D eigenvalue weighted by molar-refractivity contribution is 0.0581. The fourth-order valence-corrected chi connectivity index (χ4v) is 3.26. The Bertz CT molecular complexity index is 524. The van der Waals surface area contributed by atoms with Crippen molar-refractivity contribution in [1.29, 1.82) is 0 Å². The number of carbonyl (C=O) groups is 1. The highest BCUT2D eigenvalue weighted by Crippen LogP contribution is 2.23. The van der Waals surface area contributed by atoms with E-state index in [1.807, 2.05) is 0 Å². The number of nitrogens with one attached hydrogen (secondary N) is 1. The summed E-state index contributed by atoms with van der Waals surface area (Å²) in [5.41, 5.74) is 0.290. The van der Waals surface area contributed by atoms with Crippen LogP contribution in [-0.2, 0) is 0 Å². The normalized spacial score (nSPS) is 23.5. The van der Waals surface area contributed by atoms with Gasteiger partial charge in [0.25, 0.3) is 5.91 Å². The van der Waals surface area contributed by atoms with E-state index >= 15 is 0 Å². The zero-order valence-corrected chi connectivity index (χ0v) is 12.6. The number of nitrogens with zero attached hydrogens (tertiary/aromatic N) is 2. The van der Waals surface area contributed by atoms with Gasteiger partial charge < -0.3 is 15.3 Å². The molecule has 0 aromatic heterocycles. The van der Waals surface area contributed by atoms with Gasteiger partial charge in [-0.05, 0) is 31.2 Å². The zero-order chi connectivity index (χ0) is 14.8. The van der Waals surface area contributed by atoms with Gasteiger partial charge in [-0.15, -0.1) is 0 Å². The third-order valence-electron chi connectivity index (χ3n) is 4.34. The number of hydrogen-bond donors (Lipinski definition) is 2. The lowest BCUT2D eigenvalue weighted by atomic mass is 10.1. The van der Waals surface area contributed by atoms with Gasteiger partial charge in [0.05, 0.1) is 5.56 Å². The number of carbonyl (C=O) groups excluding carboxylic acids is 1. The van der Waals surface area contributed by atoms with Gasteiger partial charge in [-0.1, -0.05) is 11.6 Å². The minimum Gasteiger partial charge on any atom is -0.507 e. The number of rotatable bonds is 2. The third kappa shape index (κ3) is 3.15. The molecule has 0 spiro atoms. The lowest BCUT2D eigenvalue weighted by Gasteiger charge is -2.37. The molecule has 6 heteroatoms. The number of amides is 1. The summed E-state index contributed by atoms with van der Waals surface area (Å²) in [5.74, 6) is -0.147. The number of benzene rings is 1. The molecule has 5 nitrogen and oxygen atoms in total. The van der Waals surface area contributed by atoms with Crippen LogP contribution in [0.5, 0.6) is 5.75 Å². The second-order valence-corrected chi connectivity index (χ2v) is 6.07. The molecule has 21 heavy (non-hydrogen) atoms. The number of halogens is 1. The van der Waals surface area contributed by atoms with Crippen LogP contribution in [0.25, 0.3) is 0 Å². The highest BCUT2D eigenvalue weighted by Gasteiger charge is 2.28.